The van der Waals surface area contributed by atoms with Gasteiger partial charge in [-0.3, -0.25) is 4.90 Å². The summed E-state index contributed by atoms with van der Waals surface area (Å²) in [7, 11) is 2.21. The second-order valence-corrected chi connectivity index (χ2v) is 5.99. The molecule has 3 heteroatoms. The summed E-state index contributed by atoms with van der Waals surface area (Å²) in [5, 5.41) is 1.44. The number of aromatic nitrogens is 1. The van der Waals surface area contributed by atoms with E-state index in [-0.39, 0.29) is 0 Å². The fourth-order valence-electron chi connectivity index (χ4n) is 3.24. The fraction of sp³-hybridized carbons (Fsp3) is 0.529. The van der Waals surface area contributed by atoms with Gasteiger partial charge in [0.1, 0.15) is 0 Å². The SMILES string of the molecule is CCn1cc(CN2CCN(C)CC2)c2cccc(C)c21. The maximum Gasteiger partial charge on any atom is 0.0513 e. The highest BCUT2D eigenvalue weighted by molar-refractivity contribution is 5.86. The summed E-state index contributed by atoms with van der Waals surface area (Å²) in [5.41, 5.74) is 4.28. The van der Waals surface area contributed by atoms with Crippen LogP contribution in [0.15, 0.2) is 24.4 Å². The van der Waals surface area contributed by atoms with Crippen molar-refractivity contribution in [2.24, 2.45) is 0 Å². The van der Waals surface area contributed by atoms with Gasteiger partial charge in [-0.2, -0.15) is 0 Å². The number of fused-ring (bicyclic) bond motifs is 1. The van der Waals surface area contributed by atoms with Crippen molar-refractivity contribution in [3.8, 4) is 0 Å². The van der Waals surface area contributed by atoms with Crippen molar-refractivity contribution in [3.63, 3.8) is 0 Å². The van der Waals surface area contributed by atoms with Gasteiger partial charge in [0.2, 0.25) is 0 Å². The van der Waals surface area contributed by atoms with Gasteiger partial charge in [-0.1, -0.05) is 18.2 Å². The van der Waals surface area contributed by atoms with Crippen LogP contribution in [0.3, 0.4) is 0 Å². The highest BCUT2D eigenvalue weighted by atomic mass is 15.2. The summed E-state index contributed by atoms with van der Waals surface area (Å²) in [5.74, 6) is 0. The molecule has 0 bridgehead atoms. The maximum atomic E-state index is 2.58. The molecule has 1 aromatic carbocycles. The molecular weight excluding hydrogens is 246 g/mol. The maximum absolute atomic E-state index is 2.58. The smallest absolute Gasteiger partial charge is 0.0513 e. The van der Waals surface area contributed by atoms with Crippen LogP contribution in [0.25, 0.3) is 10.9 Å². The quantitative estimate of drug-likeness (QED) is 0.850. The van der Waals surface area contributed by atoms with Gasteiger partial charge in [-0.15, -0.1) is 0 Å². The Hall–Kier alpha value is -1.32. The summed E-state index contributed by atoms with van der Waals surface area (Å²) in [4.78, 5) is 4.99. The van der Waals surface area contributed by atoms with Gasteiger partial charge >= 0.3 is 0 Å². The molecule has 0 amide bonds. The lowest BCUT2D eigenvalue weighted by atomic mass is 10.1. The molecule has 1 aliphatic heterocycles. The number of likely N-dealkylation sites (N-methyl/N-ethyl adjacent to an activating group) is 1. The second kappa shape index (κ2) is 5.58. The molecule has 0 unspecified atom stereocenters. The van der Waals surface area contributed by atoms with E-state index in [0.29, 0.717) is 0 Å². The number of piperazine rings is 1. The van der Waals surface area contributed by atoms with Crippen molar-refractivity contribution < 1.29 is 0 Å². The number of hydrogen-bond donors (Lipinski definition) is 0. The Bertz CT molecular complexity index is 592. The van der Waals surface area contributed by atoms with Crippen LogP contribution < -0.4 is 0 Å². The Morgan fingerprint density at radius 3 is 2.55 bits per heavy atom. The van der Waals surface area contributed by atoms with Crippen LogP contribution in [0.1, 0.15) is 18.1 Å². The Labute approximate surface area is 121 Å². The zero-order valence-corrected chi connectivity index (χ0v) is 12.9. The fourth-order valence-corrected chi connectivity index (χ4v) is 3.24. The van der Waals surface area contributed by atoms with Gasteiger partial charge in [-0.05, 0) is 32.0 Å². The third-order valence-electron chi connectivity index (χ3n) is 4.51. The van der Waals surface area contributed by atoms with Crippen molar-refractivity contribution in [3.05, 3.63) is 35.5 Å². The first-order valence-electron chi connectivity index (χ1n) is 7.67. The second-order valence-electron chi connectivity index (χ2n) is 5.99. The Morgan fingerprint density at radius 1 is 1.10 bits per heavy atom. The van der Waals surface area contributed by atoms with E-state index in [1.54, 1.807) is 0 Å². The molecule has 1 aromatic heterocycles. The first-order valence-corrected chi connectivity index (χ1v) is 7.67. The van der Waals surface area contributed by atoms with Crippen molar-refractivity contribution in [1.82, 2.24) is 14.4 Å². The van der Waals surface area contributed by atoms with Crippen LogP contribution in [0.4, 0.5) is 0 Å². The van der Waals surface area contributed by atoms with E-state index in [1.807, 2.05) is 0 Å². The minimum atomic E-state index is 1.05. The molecule has 1 fully saturated rings. The topological polar surface area (TPSA) is 11.4 Å². The van der Waals surface area contributed by atoms with Crippen LogP contribution >= 0.6 is 0 Å². The third-order valence-corrected chi connectivity index (χ3v) is 4.51. The average Bonchev–Trinajstić information content (AvgIpc) is 2.81. The molecule has 1 saturated heterocycles. The van der Waals surface area contributed by atoms with Crippen molar-refractivity contribution in [2.45, 2.75) is 26.9 Å². The van der Waals surface area contributed by atoms with Crippen LogP contribution in [0.5, 0.6) is 0 Å². The lowest BCUT2D eigenvalue weighted by molar-refractivity contribution is 0.148. The van der Waals surface area contributed by atoms with Gasteiger partial charge in [0.25, 0.3) is 0 Å². The van der Waals surface area contributed by atoms with Crippen molar-refractivity contribution in [2.75, 3.05) is 33.2 Å². The predicted molar refractivity (Wildman–Crippen MR) is 85.1 cm³/mol. The van der Waals surface area contributed by atoms with Gasteiger partial charge < -0.3 is 9.47 Å². The molecule has 0 radical (unpaired) electrons. The predicted octanol–water partition coefficient (Wildman–Crippen LogP) is 2.72. The summed E-state index contributed by atoms with van der Waals surface area (Å²) in [6, 6.07) is 6.68. The largest absolute Gasteiger partial charge is 0.347 e. The highest BCUT2D eigenvalue weighted by Crippen LogP contribution is 2.25. The first kappa shape index (κ1) is 13.7. The van der Waals surface area contributed by atoms with Gasteiger partial charge in [-0.25, -0.2) is 0 Å². The van der Waals surface area contributed by atoms with E-state index in [4.69, 9.17) is 0 Å². The van der Waals surface area contributed by atoms with Crippen LogP contribution in [-0.4, -0.2) is 47.6 Å². The molecule has 1 aliphatic rings. The third kappa shape index (κ3) is 2.48. The summed E-state index contributed by atoms with van der Waals surface area (Å²) in [6.07, 6.45) is 2.36. The molecule has 20 heavy (non-hydrogen) atoms. The van der Waals surface area contributed by atoms with Crippen LogP contribution in [0.2, 0.25) is 0 Å². The number of benzene rings is 1. The molecule has 0 saturated carbocycles. The number of aryl methyl sites for hydroxylation is 2. The zero-order chi connectivity index (χ0) is 14.1. The van der Waals surface area contributed by atoms with E-state index in [0.717, 1.165) is 13.1 Å². The highest BCUT2D eigenvalue weighted by Gasteiger charge is 2.16. The normalized spacial score (nSPS) is 17.9. The van der Waals surface area contributed by atoms with Crippen molar-refractivity contribution >= 4 is 10.9 Å². The molecule has 3 rings (SSSR count). The Kier molecular flexibility index (Phi) is 3.81. The van der Waals surface area contributed by atoms with Gasteiger partial charge in [0.15, 0.2) is 0 Å². The Balaban J connectivity index is 1.90. The number of hydrogen-bond acceptors (Lipinski definition) is 2. The summed E-state index contributed by atoms with van der Waals surface area (Å²) in [6.45, 7) is 11.3. The van der Waals surface area contributed by atoms with Crippen LogP contribution in [0, 0.1) is 6.92 Å². The number of para-hydroxylation sites is 1. The van der Waals surface area contributed by atoms with Gasteiger partial charge in [0.05, 0.1) is 5.52 Å². The minimum absolute atomic E-state index is 1.05. The molecule has 0 spiro atoms. The van der Waals surface area contributed by atoms with Crippen LogP contribution in [-0.2, 0) is 13.1 Å². The molecule has 0 atom stereocenters. The monoisotopic (exact) mass is 271 g/mol. The number of rotatable bonds is 3. The minimum Gasteiger partial charge on any atom is -0.347 e. The lowest BCUT2D eigenvalue weighted by Crippen LogP contribution is -2.43. The van der Waals surface area contributed by atoms with E-state index in [1.165, 1.54) is 48.2 Å². The van der Waals surface area contributed by atoms with Gasteiger partial charge in [0, 0.05) is 50.9 Å². The molecule has 0 aliphatic carbocycles. The van der Waals surface area contributed by atoms with Crippen molar-refractivity contribution in [1.29, 1.82) is 0 Å². The molecule has 2 heterocycles. The zero-order valence-electron chi connectivity index (χ0n) is 12.9. The molecule has 0 N–H and O–H groups in total. The van der Waals surface area contributed by atoms with E-state index in [2.05, 4.69) is 59.7 Å². The lowest BCUT2D eigenvalue weighted by Gasteiger charge is -2.32. The summed E-state index contributed by atoms with van der Waals surface area (Å²) >= 11 is 0. The standard InChI is InChI=1S/C17H25N3/c1-4-20-13-15(12-19-10-8-18(3)9-11-19)16-7-5-6-14(2)17(16)20/h5-7,13H,4,8-12H2,1-3H3. The summed E-state index contributed by atoms with van der Waals surface area (Å²) < 4.78 is 2.40. The Morgan fingerprint density at radius 2 is 1.85 bits per heavy atom. The number of nitrogens with zero attached hydrogens (tertiary/aromatic N) is 3. The molecule has 3 nitrogen and oxygen atoms in total. The first-order chi connectivity index (χ1) is 9.69. The molecule has 108 valence electrons. The van der Waals surface area contributed by atoms with E-state index in [9.17, 15) is 0 Å². The molecular formula is C17H25N3. The average molecular weight is 271 g/mol. The van der Waals surface area contributed by atoms with E-state index >= 15 is 0 Å². The van der Waals surface area contributed by atoms with E-state index < -0.39 is 0 Å². The molecule has 2 aromatic rings.